The maximum absolute atomic E-state index is 10.8. The van der Waals surface area contributed by atoms with Crippen LogP contribution in [-0.2, 0) is 0 Å². The van der Waals surface area contributed by atoms with Gasteiger partial charge < -0.3 is 5.73 Å². The molecule has 2 N–H and O–H groups in total. The highest BCUT2D eigenvalue weighted by Crippen LogP contribution is 2.07. The monoisotopic (exact) mass is 216 g/mol. The smallest absolute Gasteiger partial charge is 0.269 e. The van der Waals surface area contributed by atoms with E-state index < -0.39 is 5.91 Å². The summed E-state index contributed by atoms with van der Waals surface area (Å²) in [6.45, 7) is 0. The fourth-order valence-electron chi connectivity index (χ4n) is 1.23. The van der Waals surface area contributed by atoms with Crippen LogP contribution in [0.15, 0.2) is 30.7 Å². The molecular weight excluding hydrogens is 208 g/mol. The summed E-state index contributed by atoms with van der Waals surface area (Å²) in [7, 11) is 0. The highest BCUT2D eigenvalue weighted by Gasteiger charge is 2.06. The van der Waals surface area contributed by atoms with Crippen LogP contribution < -0.4 is 5.73 Å². The quantitative estimate of drug-likeness (QED) is 0.741. The molecule has 2 rings (SSSR count). The van der Waals surface area contributed by atoms with E-state index in [0.717, 1.165) is 0 Å². The van der Waals surface area contributed by atoms with Gasteiger partial charge in [-0.25, -0.2) is 4.68 Å². The van der Waals surface area contributed by atoms with Crippen molar-refractivity contribution in [3.63, 3.8) is 0 Å². The van der Waals surface area contributed by atoms with E-state index in [4.69, 9.17) is 5.73 Å². The molecule has 1 amide bonds. The van der Waals surface area contributed by atoms with E-state index >= 15 is 0 Å². The maximum Gasteiger partial charge on any atom is 0.269 e. The Morgan fingerprint density at radius 2 is 2.25 bits per heavy atom. The number of nitrogens with two attached hydrogens (primary N) is 1. The molecule has 80 valence electrons. The molecule has 6 heteroatoms. The third-order valence-corrected chi connectivity index (χ3v) is 1.99. The first-order valence-electron chi connectivity index (χ1n) is 4.47. The number of nitrogens with zero attached hydrogens (tertiary/aromatic N) is 3. The van der Waals surface area contributed by atoms with Gasteiger partial charge in [-0.15, -0.1) is 0 Å². The van der Waals surface area contributed by atoms with Crippen molar-refractivity contribution in [3.05, 3.63) is 42.0 Å². The Hall–Kier alpha value is -2.50. The van der Waals surface area contributed by atoms with Gasteiger partial charge in [-0.3, -0.25) is 14.6 Å². The van der Waals surface area contributed by atoms with E-state index in [0.29, 0.717) is 17.5 Å². The zero-order chi connectivity index (χ0) is 11.5. The number of aldehydes is 1. The molecule has 0 radical (unpaired) electrons. The van der Waals surface area contributed by atoms with Crippen molar-refractivity contribution in [1.82, 2.24) is 14.8 Å². The van der Waals surface area contributed by atoms with Crippen molar-refractivity contribution in [1.29, 1.82) is 0 Å². The highest BCUT2D eigenvalue weighted by atomic mass is 16.1. The normalized spacial score (nSPS) is 10.0. The fraction of sp³-hybridized carbons (Fsp3) is 0. The molecule has 2 heterocycles. The molecule has 0 aliphatic heterocycles. The maximum atomic E-state index is 10.8. The molecule has 0 fully saturated rings. The molecule has 0 saturated carbocycles. The largest absolute Gasteiger partial charge is 0.364 e. The number of carbonyl (C=O) groups is 2. The third-order valence-electron chi connectivity index (χ3n) is 1.99. The number of aromatic nitrogens is 3. The highest BCUT2D eigenvalue weighted by molar-refractivity contribution is 5.90. The number of primary amides is 1. The number of hydrogen-bond donors (Lipinski definition) is 1. The van der Waals surface area contributed by atoms with Crippen LogP contribution in [0.4, 0.5) is 0 Å². The van der Waals surface area contributed by atoms with Crippen molar-refractivity contribution < 1.29 is 9.59 Å². The van der Waals surface area contributed by atoms with Gasteiger partial charge in [0.25, 0.3) is 5.91 Å². The molecule has 0 aliphatic carbocycles. The molecule has 0 saturated heterocycles. The number of amides is 1. The molecule has 2 aromatic rings. The Labute approximate surface area is 90.7 Å². The van der Waals surface area contributed by atoms with Gasteiger partial charge in [0.2, 0.25) is 0 Å². The average Bonchev–Trinajstić information content (AvgIpc) is 2.78. The van der Waals surface area contributed by atoms with E-state index in [2.05, 4.69) is 10.1 Å². The first-order chi connectivity index (χ1) is 7.70. The lowest BCUT2D eigenvalue weighted by Crippen LogP contribution is -2.12. The third kappa shape index (κ3) is 1.81. The van der Waals surface area contributed by atoms with Gasteiger partial charge in [0.15, 0.2) is 6.29 Å². The minimum Gasteiger partial charge on any atom is -0.364 e. The lowest BCUT2D eigenvalue weighted by atomic mass is 10.3. The van der Waals surface area contributed by atoms with Gasteiger partial charge >= 0.3 is 0 Å². The van der Waals surface area contributed by atoms with Gasteiger partial charge in [-0.05, 0) is 12.1 Å². The molecule has 16 heavy (non-hydrogen) atoms. The molecule has 0 spiro atoms. The zero-order valence-electron chi connectivity index (χ0n) is 8.20. The van der Waals surface area contributed by atoms with Gasteiger partial charge in [0.1, 0.15) is 5.69 Å². The van der Waals surface area contributed by atoms with Crippen molar-refractivity contribution in [3.8, 4) is 5.69 Å². The average molecular weight is 216 g/mol. The van der Waals surface area contributed by atoms with E-state index in [1.165, 1.54) is 23.1 Å². The Bertz CT molecular complexity index is 547. The number of hydrogen-bond acceptors (Lipinski definition) is 4. The predicted molar refractivity (Wildman–Crippen MR) is 55.3 cm³/mol. The summed E-state index contributed by atoms with van der Waals surface area (Å²) in [4.78, 5) is 25.3. The summed E-state index contributed by atoms with van der Waals surface area (Å²) >= 11 is 0. The second-order valence-corrected chi connectivity index (χ2v) is 3.10. The van der Waals surface area contributed by atoms with E-state index in [-0.39, 0.29) is 5.69 Å². The summed E-state index contributed by atoms with van der Waals surface area (Å²) < 4.78 is 1.43. The van der Waals surface area contributed by atoms with Gasteiger partial charge in [0.05, 0.1) is 11.9 Å². The van der Waals surface area contributed by atoms with Crippen LogP contribution in [-0.4, -0.2) is 27.0 Å². The van der Waals surface area contributed by atoms with E-state index in [9.17, 15) is 9.59 Å². The molecule has 2 aromatic heterocycles. The molecule has 0 bridgehead atoms. The number of pyridine rings is 1. The van der Waals surface area contributed by atoms with Crippen molar-refractivity contribution >= 4 is 12.2 Å². The lowest BCUT2D eigenvalue weighted by Gasteiger charge is -2.00. The summed E-state index contributed by atoms with van der Waals surface area (Å²) in [6.07, 6.45) is 5.24. The van der Waals surface area contributed by atoms with Crippen molar-refractivity contribution in [2.45, 2.75) is 0 Å². The van der Waals surface area contributed by atoms with Crippen LogP contribution in [0.5, 0.6) is 0 Å². The van der Waals surface area contributed by atoms with Gasteiger partial charge in [-0.2, -0.15) is 5.10 Å². The second kappa shape index (κ2) is 3.93. The second-order valence-electron chi connectivity index (χ2n) is 3.10. The fourth-order valence-corrected chi connectivity index (χ4v) is 1.23. The van der Waals surface area contributed by atoms with Crippen LogP contribution in [0.3, 0.4) is 0 Å². The minimum atomic E-state index is -0.599. The first-order valence-corrected chi connectivity index (χ1v) is 4.47. The van der Waals surface area contributed by atoms with Crippen LogP contribution in [0.25, 0.3) is 5.69 Å². The Morgan fingerprint density at radius 1 is 1.44 bits per heavy atom. The Morgan fingerprint density at radius 3 is 2.88 bits per heavy atom. The van der Waals surface area contributed by atoms with Crippen LogP contribution in [0.2, 0.25) is 0 Å². The van der Waals surface area contributed by atoms with E-state index in [1.54, 1.807) is 12.3 Å². The first kappa shape index (κ1) is 10.0. The molecule has 0 aliphatic rings. The SMILES string of the molecule is NC(=O)c1ccn(-c2cncc(C=O)c2)n1. The molecule has 6 nitrogen and oxygen atoms in total. The van der Waals surface area contributed by atoms with E-state index in [1.807, 2.05) is 0 Å². The van der Waals surface area contributed by atoms with Crippen LogP contribution >= 0.6 is 0 Å². The predicted octanol–water partition coefficient (Wildman–Crippen LogP) is 0.179. The minimum absolute atomic E-state index is 0.163. The molecular formula is C10H8N4O2. The molecule has 0 unspecified atom stereocenters. The lowest BCUT2D eigenvalue weighted by molar-refractivity contribution is 0.0994. The number of rotatable bonds is 3. The summed E-state index contributed by atoms with van der Waals surface area (Å²) in [6, 6.07) is 3.10. The zero-order valence-corrected chi connectivity index (χ0v) is 8.20. The van der Waals surface area contributed by atoms with Crippen LogP contribution in [0, 0.1) is 0 Å². The summed E-state index contributed by atoms with van der Waals surface area (Å²) in [5.41, 5.74) is 6.27. The summed E-state index contributed by atoms with van der Waals surface area (Å²) in [5, 5.41) is 3.94. The molecule has 0 aromatic carbocycles. The Balaban J connectivity index is 2.42. The topological polar surface area (TPSA) is 90.9 Å². The standard InChI is InChI=1S/C10H8N4O2/c11-10(16)9-1-2-14(13-9)8-3-7(6-15)4-12-5-8/h1-6H,(H2,11,16). The van der Waals surface area contributed by atoms with Crippen LogP contribution in [0.1, 0.15) is 20.8 Å². The summed E-state index contributed by atoms with van der Waals surface area (Å²) in [5.74, 6) is -0.599. The van der Waals surface area contributed by atoms with Gasteiger partial charge in [-0.1, -0.05) is 0 Å². The molecule has 0 atom stereocenters. The van der Waals surface area contributed by atoms with Crippen molar-refractivity contribution in [2.24, 2.45) is 5.73 Å². The van der Waals surface area contributed by atoms with Gasteiger partial charge in [0, 0.05) is 18.0 Å². The Kier molecular flexibility index (Phi) is 2.47. The van der Waals surface area contributed by atoms with Crippen molar-refractivity contribution in [2.75, 3.05) is 0 Å². The number of carbonyl (C=O) groups excluding carboxylic acids is 2.